The van der Waals surface area contributed by atoms with Gasteiger partial charge in [0.05, 0.1) is 0 Å². The summed E-state index contributed by atoms with van der Waals surface area (Å²) >= 11 is 5.78. The number of carbonyl (C=O) groups excluding carboxylic acids is 1. The number of anilines is 1. The van der Waals surface area contributed by atoms with Crippen molar-refractivity contribution in [1.29, 1.82) is 0 Å². The molecule has 0 aliphatic heterocycles. The van der Waals surface area contributed by atoms with Crippen LogP contribution in [-0.2, 0) is 4.79 Å². The van der Waals surface area contributed by atoms with Gasteiger partial charge in [0.1, 0.15) is 11.6 Å². The van der Waals surface area contributed by atoms with E-state index in [2.05, 4.69) is 5.32 Å². The lowest BCUT2D eigenvalue weighted by molar-refractivity contribution is -0.122. The highest BCUT2D eigenvalue weighted by Gasteiger charge is 2.16. The van der Waals surface area contributed by atoms with Crippen LogP contribution >= 0.6 is 11.6 Å². The smallest absolute Gasteiger partial charge is 0.265 e. The number of rotatable bonds is 4. The molecule has 2 aromatic carbocycles. The van der Waals surface area contributed by atoms with Crippen LogP contribution in [0.1, 0.15) is 12.5 Å². The molecule has 0 aliphatic carbocycles. The molecule has 1 N–H and O–H groups in total. The van der Waals surface area contributed by atoms with E-state index >= 15 is 0 Å². The van der Waals surface area contributed by atoms with Crippen LogP contribution in [0, 0.1) is 12.7 Å². The largest absolute Gasteiger partial charge is 0.481 e. The van der Waals surface area contributed by atoms with Crippen LogP contribution in [0.4, 0.5) is 10.1 Å². The summed E-state index contributed by atoms with van der Waals surface area (Å²) in [6, 6.07) is 11.0. The first-order chi connectivity index (χ1) is 9.95. The van der Waals surface area contributed by atoms with Crippen molar-refractivity contribution >= 4 is 23.2 Å². The van der Waals surface area contributed by atoms with E-state index in [4.69, 9.17) is 16.3 Å². The number of carbonyl (C=O) groups is 1. The number of ether oxygens (including phenoxy) is 1. The number of hydrogen-bond acceptors (Lipinski definition) is 2. The molecule has 0 fully saturated rings. The van der Waals surface area contributed by atoms with Gasteiger partial charge in [0.25, 0.3) is 5.91 Å². The molecular weight excluding hydrogens is 293 g/mol. The van der Waals surface area contributed by atoms with E-state index in [0.717, 1.165) is 5.56 Å². The van der Waals surface area contributed by atoms with Gasteiger partial charge in [0.15, 0.2) is 6.10 Å². The second-order valence-electron chi connectivity index (χ2n) is 4.66. The van der Waals surface area contributed by atoms with Crippen molar-refractivity contribution in [2.45, 2.75) is 20.0 Å². The molecule has 5 heteroatoms. The molecule has 0 radical (unpaired) electrons. The fourth-order valence-corrected chi connectivity index (χ4v) is 1.86. The average Bonchev–Trinajstić information content (AvgIpc) is 2.45. The second-order valence-corrected chi connectivity index (χ2v) is 5.10. The minimum absolute atomic E-state index is 0.348. The van der Waals surface area contributed by atoms with Gasteiger partial charge in [-0.05, 0) is 55.8 Å². The van der Waals surface area contributed by atoms with E-state index in [1.807, 2.05) is 0 Å². The zero-order valence-electron chi connectivity index (χ0n) is 11.7. The van der Waals surface area contributed by atoms with E-state index in [1.54, 1.807) is 44.2 Å². The molecule has 21 heavy (non-hydrogen) atoms. The van der Waals surface area contributed by atoms with Gasteiger partial charge < -0.3 is 10.1 Å². The molecule has 1 atom stereocenters. The summed E-state index contributed by atoms with van der Waals surface area (Å²) in [6.07, 6.45) is -0.714. The molecule has 1 amide bonds. The third-order valence-electron chi connectivity index (χ3n) is 2.95. The summed E-state index contributed by atoms with van der Waals surface area (Å²) in [5.74, 6) is -0.209. The maximum atomic E-state index is 13.2. The number of nitrogens with one attached hydrogen (secondary N) is 1. The van der Waals surface area contributed by atoms with Gasteiger partial charge in [-0.3, -0.25) is 4.79 Å². The van der Waals surface area contributed by atoms with Crippen molar-refractivity contribution in [3.05, 3.63) is 58.9 Å². The zero-order chi connectivity index (χ0) is 15.4. The molecule has 3 nitrogen and oxygen atoms in total. The van der Waals surface area contributed by atoms with Crippen molar-refractivity contribution in [2.75, 3.05) is 5.32 Å². The lowest BCUT2D eigenvalue weighted by atomic mass is 10.2. The summed E-state index contributed by atoms with van der Waals surface area (Å²) in [7, 11) is 0. The molecule has 2 rings (SSSR count). The Morgan fingerprint density at radius 1 is 1.24 bits per heavy atom. The highest BCUT2D eigenvalue weighted by atomic mass is 35.5. The fourth-order valence-electron chi connectivity index (χ4n) is 1.73. The zero-order valence-corrected chi connectivity index (χ0v) is 12.4. The molecule has 0 aromatic heterocycles. The molecule has 0 saturated heterocycles. The normalized spacial score (nSPS) is 11.8. The van der Waals surface area contributed by atoms with Crippen LogP contribution in [0.5, 0.6) is 5.75 Å². The summed E-state index contributed by atoms with van der Waals surface area (Å²) in [5, 5.41) is 3.24. The van der Waals surface area contributed by atoms with Gasteiger partial charge in [0.2, 0.25) is 0 Å². The summed E-state index contributed by atoms with van der Waals surface area (Å²) in [5.41, 5.74) is 1.22. The van der Waals surface area contributed by atoms with E-state index < -0.39 is 11.9 Å². The van der Waals surface area contributed by atoms with E-state index in [1.165, 1.54) is 12.1 Å². The van der Waals surface area contributed by atoms with Gasteiger partial charge in [-0.25, -0.2) is 4.39 Å². The number of hydrogen-bond donors (Lipinski definition) is 1. The van der Waals surface area contributed by atoms with Crippen molar-refractivity contribution in [1.82, 2.24) is 0 Å². The third-order valence-corrected chi connectivity index (χ3v) is 3.21. The van der Waals surface area contributed by atoms with Crippen molar-refractivity contribution in [2.24, 2.45) is 0 Å². The van der Waals surface area contributed by atoms with Gasteiger partial charge >= 0.3 is 0 Å². The summed E-state index contributed by atoms with van der Waals surface area (Å²) < 4.78 is 18.7. The standard InChI is InChI=1S/C16H15ClFNO2/c1-10-3-6-13(18)9-15(10)19-16(20)11(2)21-14-7-4-12(17)5-8-14/h3-9,11H,1-2H3,(H,19,20). The monoisotopic (exact) mass is 307 g/mol. The lowest BCUT2D eigenvalue weighted by Crippen LogP contribution is -2.30. The van der Waals surface area contributed by atoms with Crippen molar-refractivity contribution in [3.63, 3.8) is 0 Å². The Balaban J connectivity index is 2.02. The number of benzene rings is 2. The number of aryl methyl sites for hydroxylation is 1. The number of halogens is 2. The second kappa shape index (κ2) is 6.59. The Hall–Kier alpha value is -2.07. The Labute approximate surface area is 127 Å². The summed E-state index contributed by atoms with van der Waals surface area (Å²) in [4.78, 5) is 12.1. The topological polar surface area (TPSA) is 38.3 Å². The van der Waals surface area contributed by atoms with Crippen molar-refractivity contribution < 1.29 is 13.9 Å². The molecule has 110 valence electrons. The maximum absolute atomic E-state index is 13.2. The fraction of sp³-hybridized carbons (Fsp3) is 0.188. The van der Waals surface area contributed by atoms with E-state index in [-0.39, 0.29) is 5.91 Å². The van der Waals surface area contributed by atoms with Crippen LogP contribution in [0.15, 0.2) is 42.5 Å². The minimum atomic E-state index is -0.714. The molecule has 0 saturated carbocycles. The van der Waals surface area contributed by atoms with Crippen LogP contribution in [0.25, 0.3) is 0 Å². The minimum Gasteiger partial charge on any atom is -0.481 e. The van der Waals surface area contributed by atoms with E-state index in [9.17, 15) is 9.18 Å². The predicted molar refractivity (Wildman–Crippen MR) is 81.3 cm³/mol. The quantitative estimate of drug-likeness (QED) is 0.919. The highest BCUT2D eigenvalue weighted by Crippen LogP contribution is 2.19. The Bertz CT molecular complexity index is 643. The maximum Gasteiger partial charge on any atom is 0.265 e. The van der Waals surface area contributed by atoms with Gasteiger partial charge in [0, 0.05) is 10.7 Å². The van der Waals surface area contributed by atoms with E-state index in [0.29, 0.717) is 16.5 Å². The Kier molecular flexibility index (Phi) is 4.81. The number of amides is 1. The lowest BCUT2D eigenvalue weighted by Gasteiger charge is -2.15. The molecule has 0 aliphatic rings. The molecule has 2 aromatic rings. The van der Waals surface area contributed by atoms with Gasteiger partial charge in [-0.2, -0.15) is 0 Å². The van der Waals surface area contributed by atoms with Gasteiger partial charge in [-0.1, -0.05) is 17.7 Å². The molecule has 0 heterocycles. The highest BCUT2D eigenvalue weighted by molar-refractivity contribution is 6.30. The van der Waals surface area contributed by atoms with Crippen molar-refractivity contribution in [3.8, 4) is 5.75 Å². The average molecular weight is 308 g/mol. The molecule has 0 bridgehead atoms. The first-order valence-corrected chi connectivity index (χ1v) is 6.83. The van der Waals surface area contributed by atoms with Gasteiger partial charge in [-0.15, -0.1) is 0 Å². The predicted octanol–water partition coefficient (Wildman–Crippen LogP) is 4.19. The molecule has 1 unspecified atom stereocenters. The molecular formula is C16H15ClFNO2. The third kappa shape index (κ3) is 4.20. The Morgan fingerprint density at radius 3 is 2.57 bits per heavy atom. The van der Waals surface area contributed by atoms with Crippen LogP contribution < -0.4 is 10.1 Å². The van der Waals surface area contributed by atoms with Crippen LogP contribution in [0.3, 0.4) is 0 Å². The SMILES string of the molecule is Cc1ccc(F)cc1NC(=O)C(C)Oc1ccc(Cl)cc1. The molecule has 0 spiro atoms. The summed E-state index contributed by atoms with van der Waals surface area (Å²) in [6.45, 7) is 3.42. The first-order valence-electron chi connectivity index (χ1n) is 6.45. The van der Waals surface area contributed by atoms with Crippen LogP contribution in [-0.4, -0.2) is 12.0 Å². The van der Waals surface area contributed by atoms with Crippen LogP contribution in [0.2, 0.25) is 5.02 Å². The first kappa shape index (κ1) is 15.3. The Morgan fingerprint density at radius 2 is 1.90 bits per heavy atom.